The van der Waals surface area contributed by atoms with Gasteiger partial charge < -0.3 is 10.3 Å². The smallest absolute Gasteiger partial charge is 0.0994 e. The summed E-state index contributed by atoms with van der Waals surface area (Å²) in [6, 6.07) is 8.09. The van der Waals surface area contributed by atoms with Gasteiger partial charge in [0.1, 0.15) is 0 Å². The van der Waals surface area contributed by atoms with Crippen LogP contribution in [0.15, 0.2) is 36.8 Å². The van der Waals surface area contributed by atoms with E-state index in [1.807, 2.05) is 42.2 Å². The largest absolute Gasteiger partial charge is 0.326 e. The third-order valence-electron chi connectivity index (χ3n) is 2.29. The Bertz CT molecular complexity index is 432. The quantitative estimate of drug-likeness (QED) is 0.776. The molecule has 2 aromatic rings. The molecule has 0 aliphatic rings. The lowest BCUT2D eigenvalue weighted by atomic mass is 10.2. The summed E-state index contributed by atoms with van der Waals surface area (Å²) in [7, 11) is 0. The number of para-hydroxylation sites is 1. The van der Waals surface area contributed by atoms with Crippen LogP contribution in [0.1, 0.15) is 11.3 Å². The monoisotopic (exact) mass is 187 g/mol. The van der Waals surface area contributed by atoms with Crippen LogP contribution >= 0.6 is 0 Å². The molecule has 0 unspecified atom stereocenters. The van der Waals surface area contributed by atoms with Crippen LogP contribution in [0.4, 0.5) is 0 Å². The summed E-state index contributed by atoms with van der Waals surface area (Å²) < 4.78 is 2.04. The fraction of sp³-hybridized carbons (Fsp3) is 0.182. The zero-order valence-corrected chi connectivity index (χ0v) is 8.14. The first-order chi connectivity index (χ1) is 6.83. The van der Waals surface area contributed by atoms with E-state index in [1.165, 1.54) is 0 Å². The molecule has 1 heterocycles. The maximum Gasteiger partial charge on any atom is 0.0994 e. The molecule has 0 radical (unpaired) electrons. The van der Waals surface area contributed by atoms with Crippen molar-refractivity contribution < 1.29 is 0 Å². The molecule has 1 aromatic carbocycles. The Kier molecular flexibility index (Phi) is 2.33. The fourth-order valence-electron chi connectivity index (χ4n) is 1.53. The molecule has 0 fully saturated rings. The molecular formula is C11H13N3. The van der Waals surface area contributed by atoms with Gasteiger partial charge >= 0.3 is 0 Å². The number of nitrogens with two attached hydrogens (primary N) is 1. The maximum atomic E-state index is 5.67. The van der Waals surface area contributed by atoms with Gasteiger partial charge in [-0.2, -0.15) is 0 Å². The van der Waals surface area contributed by atoms with Gasteiger partial charge in [-0.1, -0.05) is 18.2 Å². The van der Waals surface area contributed by atoms with Gasteiger partial charge in [-0.25, -0.2) is 4.98 Å². The van der Waals surface area contributed by atoms with Crippen molar-refractivity contribution in [1.29, 1.82) is 0 Å². The van der Waals surface area contributed by atoms with Crippen molar-refractivity contribution in [2.24, 2.45) is 5.73 Å². The van der Waals surface area contributed by atoms with Crippen LogP contribution in [0, 0.1) is 6.92 Å². The van der Waals surface area contributed by atoms with E-state index in [2.05, 4.69) is 11.1 Å². The first-order valence-corrected chi connectivity index (χ1v) is 4.60. The Morgan fingerprint density at radius 3 is 2.79 bits per heavy atom. The molecule has 2 N–H and O–H groups in total. The first kappa shape index (κ1) is 8.97. The molecule has 0 saturated heterocycles. The number of imidazole rings is 1. The number of hydrogen-bond donors (Lipinski definition) is 1. The van der Waals surface area contributed by atoms with Crippen molar-refractivity contribution in [2.75, 3.05) is 0 Å². The Morgan fingerprint density at radius 1 is 1.36 bits per heavy atom. The average Bonchev–Trinajstić information content (AvgIpc) is 2.64. The maximum absolute atomic E-state index is 5.67. The van der Waals surface area contributed by atoms with Gasteiger partial charge in [0.05, 0.1) is 12.0 Å². The summed E-state index contributed by atoms with van der Waals surface area (Å²) in [5, 5.41) is 0. The Labute approximate surface area is 83.2 Å². The van der Waals surface area contributed by atoms with Crippen molar-refractivity contribution in [3.63, 3.8) is 0 Å². The van der Waals surface area contributed by atoms with Gasteiger partial charge in [-0.15, -0.1) is 0 Å². The summed E-state index contributed by atoms with van der Waals surface area (Å²) >= 11 is 0. The third kappa shape index (κ3) is 1.42. The number of benzene rings is 1. The normalized spacial score (nSPS) is 10.4. The summed E-state index contributed by atoms with van der Waals surface area (Å²) in [4.78, 5) is 4.10. The molecule has 0 aliphatic heterocycles. The highest BCUT2D eigenvalue weighted by Gasteiger charge is 2.03. The standard InChI is InChI=1S/C11H13N3/c1-9-7-13-8-14(9)11-5-3-2-4-10(11)6-12/h2-5,7-8H,6,12H2,1H3. The van der Waals surface area contributed by atoms with E-state index >= 15 is 0 Å². The van der Waals surface area contributed by atoms with Crippen LogP contribution in [0.5, 0.6) is 0 Å². The van der Waals surface area contributed by atoms with E-state index in [9.17, 15) is 0 Å². The lowest BCUT2D eigenvalue weighted by Gasteiger charge is -2.09. The lowest BCUT2D eigenvalue weighted by molar-refractivity contribution is 0.954. The number of aromatic nitrogens is 2. The Balaban J connectivity index is 2.56. The van der Waals surface area contributed by atoms with E-state index in [4.69, 9.17) is 5.73 Å². The van der Waals surface area contributed by atoms with E-state index in [0.29, 0.717) is 6.54 Å². The summed E-state index contributed by atoms with van der Waals surface area (Å²) in [5.74, 6) is 0. The van der Waals surface area contributed by atoms with Crippen molar-refractivity contribution in [3.8, 4) is 5.69 Å². The lowest BCUT2D eigenvalue weighted by Crippen LogP contribution is -2.04. The molecule has 0 saturated carbocycles. The fourth-order valence-corrected chi connectivity index (χ4v) is 1.53. The summed E-state index contributed by atoms with van der Waals surface area (Å²) in [5.41, 5.74) is 9.04. The van der Waals surface area contributed by atoms with Crippen LogP contribution in [0.3, 0.4) is 0 Å². The third-order valence-corrected chi connectivity index (χ3v) is 2.29. The zero-order chi connectivity index (χ0) is 9.97. The Hall–Kier alpha value is -1.61. The van der Waals surface area contributed by atoms with Crippen molar-refractivity contribution in [2.45, 2.75) is 13.5 Å². The molecule has 0 bridgehead atoms. The van der Waals surface area contributed by atoms with Crippen molar-refractivity contribution >= 4 is 0 Å². The van der Waals surface area contributed by atoms with Crippen LogP contribution in [0.25, 0.3) is 5.69 Å². The van der Waals surface area contributed by atoms with Crippen LogP contribution in [-0.4, -0.2) is 9.55 Å². The van der Waals surface area contributed by atoms with E-state index in [0.717, 1.165) is 16.9 Å². The molecule has 0 spiro atoms. The van der Waals surface area contributed by atoms with Gasteiger partial charge in [-0.05, 0) is 18.6 Å². The molecule has 1 aromatic heterocycles. The van der Waals surface area contributed by atoms with E-state index < -0.39 is 0 Å². The van der Waals surface area contributed by atoms with Crippen LogP contribution in [0.2, 0.25) is 0 Å². The highest BCUT2D eigenvalue weighted by Crippen LogP contribution is 2.15. The number of nitrogens with zero attached hydrogens (tertiary/aromatic N) is 2. The van der Waals surface area contributed by atoms with Gasteiger partial charge in [0.2, 0.25) is 0 Å². The SMILES string of the molecule is Cc1cncn1-c1ccccc1CN. The number of hydrogen-bond acceptors (Lipinski definition) is 2. The number of rotatable bonds is 2. The molecule has 3 nitrogen and oxygen atoms in total. The van der Waals surface area contributed by atoms with E-state index in [-0.39, 0.29) is 0 Å². The minimum atomic E-state index is 0.549. The van der Waals surface area contributed by atoms with Crippen LogP contribution < -0.4 is 5.73 Å². The van der Waals surface area contributed by atoms with Crippen molar-refractivity contribution in [3.05, 3.63) is 48.0 Å². The minimum absolute atomic E-state index is 0.549. The highest BCUT2D eigenvalue weighted by atomic mass is 15.0. The zero-order valence-electron chi connectivity index (χ0n) is 8.14. The van der Waals surface area contributed by atoms with Crippen molar-refractivity contribution in [1.82, 2.24) is 9.55 Å². The topological polar surface area (TPSA) is 43.8 Å². The second-order valence-corrected chi connectivity index (χ2v) is 3.24. The molecule has 3 heteroatoms. The average molecular weight is 187 g/mol. The summed E-state index contributed by atoms with van der Waals surface area (Å²) in [6.07, 6.45) is 3.65. The first-order valence-electron chi connectivity index (χ1n) is 4.60. The minimum Gasteiger partial charge on any atom is -0.326 e. The van der Waals surface area contributed by atoms with Crippen LogP contribution in [-0.2, 0) is 6.54 Å². The highest BCUT2D eigenvalue weighted by molar-refractivity contribution is 5.41. The number of aryl methyl sites for hydroxylation is 1. The molecule has 0 amide bonds. The predicted molar refractivity (Wildman–Crippen MR) is 56.2 cm³/mol. The second kappa shape index (κ2) is 3.64. The van der Waals surface area contributed by atoms with Gasteiger partial charge in [-0.3, -0.25) is 0 Å². The summed E-state index contributed by atoms with van der Waals surface area (Å²) in [6.45, 7) is 2.58. The molecular weight excluding hydrogens is 174 g/mol. The Morgan fingerprint density at radius 2 is 2.14 bits per heavy atom. The molecule has 2 rings (SSSR count). The second-order valence-electron chi connectivity index (χ2n) is 3.24. The van der Waals surface area contributed by atoms with Gasteiger partial charge in [0.15, 0.2) is 0 Å². The van der Waals surface area contributed by atoms with E-state index in [1.54, 1.807) is 0 Å². The molecule has 14 heavy (non-hydrogen) atoms. The predicted octanol–water partition coefficient (Wildman–Crippen LogP) is 1.64. The molecule has 72 valence electrons. The van der Waals surface area contributed by atoms with Gasteiger partial charge in [0.25, 0.3) is 0 Å². The molecule has 0 atom stereocenters. The molecule has 0 aliphatic carbocycles. The van der Waals surface area contributed by atoms with Gasteiger partial charge in [0, 0.05) is 18.4 Å².